The number of aromatic nitrogens is 2. The quantitative estimate of drug-likeness (QED) is 0.414. The van der Waals surface area contributed by atoms with Gasteiger partial charge in [-0.1, -0.05) is 12.1 Å². The number of nitrogens with one attached hydrogen (secondary N) is 1. The zero-order valence-electron chi connectivity index (χ0n) is 17.6. The molecule has 32 heavy (non-hydrogen) atoms. The van der Waals surface area contributed by atoms with E-state index >= 15 is 0 Å². The molecule has 3 N–H and O–H groups in total. The van der Waals surface area contributed by atoms with Crippen LogP contribution in [-0.2, 0) is 0 Å². The van der Waals surface area contributed by atoms with E-state index < -0.39 is 0 Å². The Labute approximate surface area is 185 Å². The maximum atomic E-state index is 13.2. The average molecular weight is 425 g/mol. The molecule has 158 valence electrons. The van der Waals surface area contributed by atoms with Crippen molar-refractivity contribution in [3.05, 3.63) is 89.2 Å². The van der Waals surface area contributed by atoms with Crippen LogP contribution in [0.4, 0.5) is 21.8 Å². The standard InChI is InChI=1S/C25H20FN5O/c1-15-11-19(18-5-7-20(26)8-6-18)12-16(2)24(15)32-23-13-22(28)30-25(31-23)29-21-9-3-17(14-27)4-10-21/h3-13H,1-2H3,(H3,28,29,30,31). The molecule has 0 amide bonds. The number of benzene rings is 3. The second-order valence-electron chi connectivity index (χ2n) is 7.32. The SMILES string of the molecule is Cc1cc(-c2ccc(F)cc2)cc(C)c1Oc1cc(N)nc(Nc2ccc(C#N)cc2)n1. The van der Waals surface area contributed by atoms with Crippen LogP contribution in [0.2, 0.25) is 0 Å². The number of nitrogens with zero attached hydrogens (tertiary/aromatic N) is 3. The normalized spacial score (nSPS) is 10.4. The minimum atomic E-state index is -0.270. The zero-order valence-corrected chi connectivity index (χ0v) is 17.6. The molecule has 0 atom stereocenters. The third-order valence-corrected chi connectivity index (χ3v) is 4.84. The third kappa shape index (κ3) is 4.65. The van der Waals surface area contributed by atoms with Gasteiger partial charge in [-0.05, 0) is 84.6 Å². The Hall–Kier alpha value is -4.44. The Morgan fingerprint density at radius 3 is 2.19 bits per heavy atom. The Kier molecular flexibility index (Phi) is 5.69. The molecule has 7 heteroatoms. The second-order valence-corrected chi connectivity index (χ2v) is 7.32. The van der Waals surface area contributed by atoms with E-state index in [4.69, 9.17) is 15.7 Å². The smallest absolute Gasteiger partial charge is 0.232 e. The summed E-state index contributed by atoms with van der Waals surface area (Å²) in [5, 5.41) is 12.0. The molecule has 3 aromatic carbocycles. The van der Waals surface area contributed by atoms with E-state index in [0.29, 0.717) is 17.2 Å². The van der Waals surface area contributed by atoms with E-state index in [1.54, 1.807) is 42.5 Å². The van der Waals surface area contributed by atoms with E-state index in [0.717, 1.165) is 27.9 Å². The van der Waals surface area contributed by atoms with Crippen molar-refractivity contribution in [1.82, 2.24) is 9.97 Å². The summed E-state index contributed by atoms with van der Waals surface area (Å²) in [5.41, 5.74) is 10.9. The van der Waals surface area contributed by atoms with E-state index in [1.807, 2.05) is 26.0 Å². The number of rotatable bonds is 5. The number of anilines is 3. The molecule has 6 nitrogen and oxygen atoms in total. The minimum Gasteiger partial charge on any atom is -0.438 e. The number of hydrogen-bond acceptors (Lipinski definition) is 6. The Balaban J connectivity index is 1.59. The summed E-state index contributed by atoms with van der Waals surface area (Å²) in [6.45, 7) is 3.88. The lowest BCUT2D eigenvalue weighted by Crippen LogP contribution is -2.03. The van der Waals surface area contributed by atoms with Crippen LogP contribution in [0.1, 0.15) is 16.7 Å². The number of nitriles is 1. The molecule has 0 bridgehead atoms. The molecule has 4 rings (SSSR count). The molecule has 1 aromatic heterocycles. The van der Waals surface area contributed by atoms with Crippen molar-refractivity contribution in [2.45, 2.75) is 13.8 Å². The molecule has 0 aliphatic heterocycles. The summed E-state index contributed by atoms with van der Waals surface area (Å²) in [6, 6.07) is 20.9. The Bertz CT molecular complexity index is 1290. The highest BCUT2D eigenvalue weighted by molar-refractivity contribution is 5.67. The first kappa shape index (κ1) is 20.8. The number of halogens is 1. The maximum Gasteiger partial charge on any atom is 0.232 e. The second kappa shape index (κ2) is 8.74. The Morgan fingerprint density at radius 1 is 0.906 bits per heavy atom. The van der Waals surface area contributed by atoms with Gasteiger partial charge in [-0.15, -0.1) is 0 Å². The van der Waals surface area contributed by atoms with Crippen molar-refractivity contribution in [3.63, 3.8) is 0 Å². The van der Waals surface area contributed by atoms with Crippen LogP contribution in [0.15, 0.2) is 66.7 Å². The highest BCUT2D eigenvalue weighted by Gasteiger charge is 2.12. The molecule has 0 radical (unpaired) electrons. The summed E-state index contributed by atoms with van der Waals surface area (Å²) in [7, 11) is 0. The van der Waals surface area contributed by atoms with Gasteiger partial charge < -0.3 is 15.8 Å². The molecule has 0 aliphatic carbocycles. The van der Waals surface area contributed by atoms with Gasteiger partial charge >= 0.3 is 0 Å². The first-order chi connectivity index (χ1) is 15.4. The number of aryl methyl sites for hydroxylation is 2. The van der Waals surface area contributed by atoms with Crippen LogP contribution < -0.4 is 15.8 Å². The van der Waals surface area contributed by atoms with Gasteiger partial charge in [-0.25, -0.2) is 4.39 Å². The molecule has 0 aliphatic rings. The van der Waals surface area contributed by atoms with Crippen LogP contribution in [0.25, 0.3) is 11.1 Å². The highest BCUT2D eigenvalue weighted by Crippen LogP contribution is 2.33. The molecule has 0 saturated heterocycles. The topological polar surface area (TPSA) is 96.9 Å². The van der Waals surface area contributed by atoms with E-state index in [9.17, 15) is 4.39 Å². The van der Waals surface area contributed by atoms with Crippen molar-refractivity contribution in [2.24, 2.45) is 0 Å². The van der Waals surface area contributed by atoms with Gasteiger partial charge in [0.25, 0.3) is 0 Å². The molecule has 1 heterocycles. The van der Waals surface area contributed by atoms with Gasteiger partial charge in [0.15, 0.2) is 0 Å². The van der Waals surface area contributed by atoms with Gasteiger partial charge in [0.2, 0.25) is 11.8 Å². The van der Waals surface area contributed by atoms with Crippen LogP contribution in [-0.4, -0.2) is 9.97 Å². The van der Waals surface area contributed by atoms with E-state index in [2.05, 4.69) is 21.4 Å². The van der Waals surface area contributed by atoms with Crippen LogP contribution >= 0.6 is 0 Å². The van der Waals surface area contributed by atoms with Crippen molar-refractivity contribution in [2.75, 3.05) is 11.1 Å². The van der Waals surface area contributed by atoms with Gasteiger partial charge in [-0.2, -0.15) is 15.2 Å². The van der Waals surface area contributed by atoms with Crippen molar-refractivity contribution >= 4 is 17.5 Å². The number of hydrogen-bond donors (Lipinski definition) is 2. The maximum absolute atomic E-state index is 13.2. The molecular weight excluding hydrogens is 405 g/mol. The predicted octanol–water partition coefficient (Wildman–Crippen LogP) is 5.89. The van der Waals surface area contributed by atoms with Crippen molar-refractivity contribution in [3.8, 4) is 28.8 Å². The Morgan fingerprint density at radius 2 is 1.56 bits per heavy atom. The van der Waals surface area contributed by atoms with Gasteiger partial charge in [0.1, 0.15) is 17.4 Å². The summed E-state index contributed by atoms with van der Waals surface area (Å²) >= 11 is 0. The van der Waals surface area contributed by atoms with Gasteiger partial charge in [0.05, 0.1) is 11.6 Å². The summed E-state index contributed by atoms with van der Waals surface area (Å²) in [4.78, 5) is 8.61. The highest BCUT2D eigenvalue weighted by atomic mass is 19.1. The number of nitrogen functional groups attached to an aromatic ring is 1. The van der Waals surface area contributed by atoms with Gasteiger partial charge in [0, 0.05) is 11.8 Å². The minimum absolute atomic E-state index is 0.254. The van der Waals surface area contributed by atoms with Crippen molar-refractivity contribution in [1.29, 1.82) is 5.26 Å². The molecule has 0 fully saturated rings. The fraction of sp³-hybridized carbons (Fsp3) is 0.0800. The third-order valence-electron chi connectivity index (χ3n) is 4.84. The number of nitrogens with two attached hydrogens (primary N) is 1. The zero-order chi connectivity index (χ0) is 22.7. The lowest BCUT2D eigenvalue weighted by atomic mass is 10.00. The van der Waals surface area contributed by atoms with E-state index in [1.165, 1.54) is 12.1 Å². The summed E-state index contributed by atoms with van der Waals surface area (Å²) in [6.07, 6.45) is 0. The lowest BCUT2D eigenvalue weighted by molar-refractivity contribution is 0.456. The van der Waals surface area contributed by atoms with Crippen molar-refractivity contribution < 1.29 is 9.13 Å². The summed E-state index contributed by atoms with van der Waals surface area (Å²) < 4.78 is 19.3. The van der Waals surface area contributed by atoms with Crippen LogP contribution in [0.3, 0.4) is 0 Å². The predicted molar refractivity (Wildman–Crippen MR) is 122 cm³/mol. The molecular formula is C25H20FN5O. The first-order valence-corrected chi connectivity index (χ1v) is 9.88. The van der Waals surface area contributed by atoms with Gasteiger partial charge in [-0.3, -0.25) is 0 Å². The van der Waals surface area contributed by atoms with E-state index in [-0.39, 0.29) is 17.6 Å². The summed E-state index contributed by atoms with van der Waals surface area (Å²) in [5.74, 6) is 1.23. The van der Waals surface area contributed by atoms with Crippen LogP contribution in [0, 0.1) is 31.0 Å². The molecule has 4 aromatic rings. The lowest BCUT2D eigenvalue weighted by Gasteiger charge is -2.14. The molecule has 0 unspecified atom stereocenters. The fourth-order valence-electron chi connectivity index (χ4n) is 3.33. The average Bonchev–Trinajstić information content (AvgIpc) is 2.77. The fourth-order valence-corrected chi connectivity index (χ4v) is 3.33. The first-order valence-electron chi connectivity index (χ1n) is 9.88. The monoisotopic (exact) mass is 425 g/mol. The molecule has 0 spiro atoms. The van der Waals surface area contributed by atoms with Crippen LogP contribution in [0.5, 0.6) is 11.6 Å². The number of ether oxygens (including phenoxy) is 1. The molecule has 0 saturated carbocycles. The largest absolute Gasteiger partial charge is 0.438 e.